The number of carbonyl (C=O) groups excluding carboxylic acids is 2. The summed E-state index contributed by atoms with van der Waals surface area (Å²) in [5, 5.41) is 9.55. The maximum absolute atomic E-state index is 13.8. The second kappa shape index (κ2) is 20.6. The fourth-order valence-electron chi connectivity index (χ4n) is 6.40. The summed E-state index contributed by atoms with van der Waals surface area (Å²) < 4.78 is 5.47. The molecule has 292 valence electrons. The molecule has 0 saturated carbocycles. The van der Waals surface area contributed by atoms with Gasteiger partial charge in [-0.25, -0.2) is 14.8 Å². The number of ether oxygens (including phenoxy) is 1. The first-order valence-electron chi connectivity index (χ1n) is 19.2. The van der Waals surface area contributed by atoms with E-state index in [0.717, 1.165) is 57.0 Å². The molecule has 0 spiro atoms. The Morgan fingerprint density at radius 2 is 1.16 bits per heavy atom. The Labute approximate surface area is 330 Å². The Bertz CT molecular complexity index is 2080. The van der Waals surface area contributed by atoms with Crippen LogP contribution in [-0.4, -0.2) is 85.5 Å². The first-order valence-corrected chi connectivity index (χ1v) is 19.2. The zero-order valence-electron chi connectivity index (χ0n) is 33.0. The van der Waals surface area contributed by atoms with E-state index in [4.69, 9.17) is 4.74 Å². The minimum Gasteiger partial charge on any atom is -0.445 e. The summed E-state index contributed by atoms with van der Waals surface area (Å²) in [7, 11) is 3.87. The molecule has 3 N–H and O–H groups in total. The first-order chi connectivity index (χ1) is 27.3. The molecular formula is C45H53N7O4. The molecular weight excluding hydrogens is 703 g/mol. The zero-order chi connectivity index (χ0) is 39.9. The molecule has 1 atom stereocenters. The van der Waals surface area contributed by atoms with Gasteiger partial charge in [0.1, 0.15) is 24.3 Å². The Morgan fingerprint density at radius 1 is 0.679 bits per heavy atom. The highest BCUT2D eigenvalue weighted by atomic mass is 16.6. The molecule has 2 heterocycles. The van der Waals surface area contributed by atoms with Crippen molar-refractivity contribution in [2.45, 2.75) is 52.9 Å². The summed E-state index contributed by atoms with van der Waals surface area (Å²) in [6, 6.07) is 35.5. The SMILES string of the molecule is CC.CCCN(Cc1ncc(-c2ccc(-c3ccc(-c4cnc(CN(CCO)C(=O)OCc5ccccc5)[nH]4)cc3)cc2)[nH]1)C(=O)C(c1ccccc1)N(C)C. The van der Waals surface area contributed by atoms with Gasteiger partial charge in [-0.3, -0.25) is 14.6 Å². The second-order valence-corrected chi connectivity index (χ2v) is 13.4. The van der Waals surface area contributed by atoms with Crippen LogP contribution in [0.1, 0.15) is 56.0 Å². The Hall–Kier alpha value is -6.04. The number of likely N-dealkylation sites (N-methyl/N-ethyl adjacent to an activating group) is 1. The predicted molar refractivity (Wildman–Crippen MR) is 221 cm³/mol. The van der Waals surface area contributed by atoms with Crippen LogP contribution in [-0.2, 0) is 29.2 Å². The Kier molecular flexibility index (Phi) is 15.1. The Balaban J connectivity index is 0.00000295. The lowest BCUT2D eigenvalue weighted by Gasteiger charge is -2.30. The van der Waals surface area contributed by atoms with Crippen molar-refractivity contribution in [3.8, 4) is 33.6 Å². The number of aromatic nitrogens is 4. The molecule has 6 aromatic rings. The number of aliphatic hydroxyl groups is 1. The molecule has 1 unspecified atom stereocenters. The van der Waals surface area contributed by atoms with Crippen molar-refractivity contribution in [2.24, 2.45) is 0 Å². The quantitative estimate of drug-likeness (QED) is 0.0906. The molecule has 0 aliphatic carbocycles. The molecule has 0 bridgehead atoms. The van der Waals surface area contributed by atoms with Crippen LogP contribution in [0.25, 0.3) is 33.6 Å². The lowest BCUT2D eigenvalue weighted by atomic mass is 10.0. The molecule has 11 nitrogen and oxygen atoms in total. The molecule has 0 aliphatic heterocycles. The van der Waals surface area contributed by atoms with Gasteiger partial charge in [0.05, 0.1) is 43.5 Å². The van der Waals surface area contributed by atoms with E-state index < -0.39 is 6.09 Å². The third-order valence-corrected chi connectivity index (χ3v) is 9.17. The van der Waals surface area contributed by atoms with Crippen LogP contribution in [0.3, 0.4) is 0 Å². The van der Waals surface area contributed by atoms with Gasteiger partial charge < -0.3 is 24.7 Å². The van der Waals surface area contributed by atoms with Crippen LogP contribution < -0.4 is 0 Å². The standard InChI is InChI=1S/C43H47N7O4.C2H6/c1-4-23-49(42(52)41(48(2)3)36-13-9-6-10-14-36)28-39-44-26-37(46-39)34-19-15-32(16-20-34)33-17-21-35(22-18-33)38-27-45-40(47-38)29-50(24-25-51)43(53)54-30-31-11-7-5-8-12-31;1-2/h5-22,26-27,41,51H,4,23-25,28-30H2,1-3H3,(H,44,46)(H,45,47);1-2H3. The average molecular weight is 756 g/mol. The normalized spacial score (nSPS) is 11.4. The van der Waals surface area contributed by atoms with E-state index in [1.54, 1.807) is 6.20 Å². The summed E-state index contributed by atoms with van der Waals surface area (Å²) in [6.07, 6.45) is 3.89. The van der Waals surface area contributed by atoms with Gasteiger partial charge in [-0.05, 0) is 53.9 Å². The predicted octanol–water partition coefficient (Wildman–Crippen LogP) is 8.33. The number of rotatable bonds is 16. The van der Waals surface area contributed by atoms with Gasteiger partial charge in [0.2, 0.25) is 5.91 Å². The highest BCUT2D eigenvalue weighted by Crippen LogP contribution is 2.28. The maximum atomic E-state index is 13.8. The summed E-state index contributed by atoms with van der Waals surface area (Å²) in [5.74, 6) is 1.38. The second-order valence-electron chi connectivity index (χ2n) is 13.4. The van der Waals surface area contributed by atoms with Gasteiger partial charge in [0.15, 0.2) is 0 Å². The van der Waals surface area contributed by atoms with Crippen molar-refractivity contribution >= 4 is 12.0 Å². The first kappa shape index (κ1) is 41.1. The molecule has 6 rings (SSSR count). The average Bonchev–Trinajstić information content (AvgIpc) is 3.91. The van der Waals surface area contributed by atoms with Crippen LogP contribution in [0.5, 0.6) is 0 Å². The molecule has 0 aliphatic rings. The number of benzene rings is 4. The largest absolute Gasteiger partial charge is 0.445 e. The van der Waals surface area contributed by atoms with Crippen LogP contribution in [0.15, 0.2) is 122 Å². The summed E-state index contributed by atoms with van der Waals surface area (Å²) in [5.41, 5.74) is 7.65. The molecule has 2 amide bonds. The van der Waals surface area contributed by atoms with Crippen molar-refractivity contribution in [1.82, 2.24) is 34.6 Å². The molecule has 0 fully saturated rings. The third-order valence-electron chi connectivity index (χ3n) is 9.17. The van der Waals surface area contributed by atoms with Gasteiger partial charge in [-0.2, -0.15) is 0 Å². The Morgan fingerprint density at radius 3 is 1.64 bits per heavy atom. The van der Waals surface area contributed by atoms with E-state index in [9.17, 15) is 14.7 Å². The van der Waals surface area contributed by atoms with Crippen molar-refractivity contribution < 1.29 is 19.4 Å². The lowest BCUT2D eigenvalue weighted by Crippen LogP contribution is -2.40. The smallest absolute Gasteiger partial charge is 0.410 e. The van der Waals surface area contributed by atoms with Crippen LogP contribution >= 0.6 is 0 Å². The number of imidazole rings is 2. The molecule has 4 aromatic carbocycles. The van der Waals surface area contributed by atoms with E-state index in [1.807, 2.05) is 117 Å². The van der Waals surface area contributed by atoms with E-state index in [0.29, 0.717) is 18.9 Å². The number of carbonyl (C=O) groups is 2. The lowest BCUT2D eigenvalue weighted by molar-refractivity contribution is -0.137. The van der Waals surface area contributed by atoms with E-state index in [1.165, 1.54) is 4.90 Å². The monoisotopic (exact) mass is 755 g/mol. The highest BCUT2D eigenvalue weighted by molar-refractivity contribution is 5.83. The fraction of sp³-hybridized carbons (Fsp3) is 0.289. The number of nitrogens with one attached hydrogen (secondary N) is 2. The van der Waals surface area contributed by atoms with Gasteiger partial charge in [0.25, 0.3) is 0 Å². The highest BCUT2D eigenvalue weighted by Gasteiger charge is 2.28. The summed E-state index contributed by atoms with van der Waals surface area (Å²) >= 11 is 0. The van der Waals surface area contributed by atoms with Gasteiger partial charge in [-0.15, -0.1) is 0 Å². The maximum Gasteiger partial charge on any atom is 0.410 e. The van der Waals surface area contributed by atoms with Gasteiger partial charge in [0, 0.05) is 13.1 Å². The van der Waals surface area contributed by atoms with Crippen LogP contribution in [0, 0.1) is 0 Å². The number of hydrogen-bond acceptors (Lipinski definition) is 7. The van der Waals surface area contributed by atoms with Crippen molar-refractivity contribution in [3.63, 3.8) is 0 Å². The minimum atomic E-state index is -0.517. The number of amides is 2. The molecule has 0 radical (unpaired) electrons. The van der Waals surface area contributed by atoms with E-state index in [2.05, 4.69) is 63.3 Å². The third kappa shape index (κ3) is 10.8. The van der Waals surface area contributed by atoms with E-state index in [-0.39, 0.29) is 38.3 Å². The van der Waals surface area contributed by atoms with Crippen molar-refractivity contribution in [3.05, 3.63) is 144 Å². The fourth-order valence-corrected chi connectivity index (χ4v) is 6.40. The number of nitrogens with zero attached hydrogens (tertiary/aromatic N) is 5. The number of hydrogen-bond donors (Lipinski definition) is 3. The number of aliphatic hydroxyl groups excluding tert-OH is 1. The van der Waals surface area contributed by atoms with Gasteiger partial charge >= 0.3 is 6.09 Å². The summed E-state index contributed by atoms with van der Waals surface area (Å²) in [6.45, 7) is 7.38. The molecule has 2 aromatic heterocycles. The number of aromatic amines is 2. The zero-order valence-corrected chi connectivity index (χ0v) is 33.0. The van der Waals surface area contributed by atoms with Crippen LogP contribution in [0.4, 0.5) is 4.79 Å². The van der Waals surface area contributed by atoms with Gasteiger partial charge in [-0.1, -0.05) is 130 Å². The topological polar surface area (TPSA) is 131 Å². The minimum absolute atomic E-state index is 0.0516. The molecule has 0 saturated heterocycles. The van der Waals surface area contributed by atoms with Crippen molar-refractivity contribution in [1.29, 1.82) is 0 Å². The van der Waals surface area contributed by atoms with Crippen molar-refractivity contribution in [2.75, 3.05) is 33.8 Å². The number of H-pyrrole nitrogens is 2. The molecule has 11 heteroatoms. The molecule has 56 heavy (non-hydrogen) atoms. The summed E-state index contributed by atoms with van der Waals surface area (Å²) in [4.78, 5) is 47.7. The van der Waals surface area contributed by atoms with Crippen LogP contribution in [0.2, 0.25) is 0 Å². The van der Waals surface area contributed by atoms with E-state index >= 15 is 0 Å².